The van der Waals surface area contributed by atoms with Crippen molar-refractivity contribution in [1.29, 1.82) is 0 Å². The molecule has 0 fully saturated rings. The van der Waals surface area contributed by atoms with E-state index >= 15 is 0 Å². The molecule has 0 saturated heterocycles. The fourth-order valence-electron chi connectivity index (χ4n) is 1.27. The van der Waals surface area contributed by atoms with E-state index in [9.17, 15) is 4.79 Å². The predicted octanol–water partition coefficient (Wildman–Crippen LogP) is 2.11. The average molecular weight is 206 g/mol. The molecule has 0 saturated carbocycles. The lowest BCUT2D eigenvalue weighted by Crippen LogP contribution is -2.40. The molecule has 1 rings (SSSR count). The molecule has 0 bridgehead atoms. The number of aryl methyl sites for hydroxylation is 1. The Bertz CT molecular complexity index is 378. The minimum absolute atomic E-state index is 0.122. The van der Waals surface area contributed by atoms with E-state index in [0.717, 1.165) is 5.56 Å². The fourth-order valence-corrected chi connectivity index (χ4v) is 1.27. The summed E-state index contributed by atoms with van der Waals surface area (Å²) in [5.41, 5.74) is 7.60. The maximum Gasteiger partial charge on any atom is 0.253 e. The molecule has 82 valence electrons. The molecule has 0 aliphatic carbocycles. The molecule has 0 unspecified atom stereocenters. The molecule has 0 aliphatic heterocycles. The van der Waals surface area contributed by atoms with Gasteiger partial charge in [-0.25, -0.2) is 0 Å². The molecular weight excluding hydrogens is 188 g/mol. The number of carbonyl (C=O) groups excluding carboxylic acids is 1. The molecule has 1 aromatic carbocycles. The third kappa shape index (κ3) is 3.27. The van der Waals surface area contributed by atoms with Crippen LogP contribution in [0.4, 0.5) is 5.69 Å². The maximum absolute atomic E-state index is 11.8. The minimum atomic E-state index is -0.243. The van der Waals surface area contributed by atoms with E-state index in [1.54, 1.807) is 12.1 Å². The number of benzene rings is 1. The fraction of sp³-hybridized carbons (Fsp3) is 0.417. The summed E-state index contributed by atoms with van der Waals surface area (Å²) >= 11 is 0. The Morgan fingerprint density at radius 2 is 1.93 bits per heavy atom. The van der Waals surface area contributed by atoms with Crippen LogP contribution >= 0.6 is 0 Å². The van der Waals surface area contributed by atoms with Crippen molar-refractivity contribution in [3.8, 4) is 0 Å². The first kappa shape index (κ1) is 11.6. The second-order valence-corrected chi connectivity index (χ2v) is 4.79. The molecule has 0 aromatic heterocycles. The monoisotopic (exact) mass is 206 g/mol. The van der Waals surface area contributed by atoms with Crippen molar-refractivity contribution >= 4 is 11.6 Å². The first-order chi connectivity index (χ1) is 6.79. The zero-order valence-corrected chi connectivity index (χ0v) is 9.72. The zero-order valence-electron chi connectivity index (χ0n) is 9.72. The number of nitrogens with one attached hydrogen (secondary N) is 1. The molecular formula is C12H18N2O. The SMILES string of the molecule is Cc1ccc(N)c(C(=O)NC(C)(C)C)c1. The van der Waals surface area contributed by atoms with Gasteiger partial charge in [0.05, 0.1) is 5.56 Å². The third-order valence-corrected chi connectivity index (χ3v) is 1.94. The highest BCUT2D eigenvalue weighted by molar-refractivity contribution is 5.99. The second-order valence-electron chi connectivity index (χ2n) is 4.79. The van der Waals surface area contributed by atoms with Crippen LogP contribution in [0, 0.1) is 6.92 Å². The average Bonchev–Trinajstić information content (AvgIpc) is 2.06. The number of amides is 1. The topological polar surface area (TPSA) is 55.1 Å². The van der Waals surface area contributed by atoms with Crippen molar-refractivity contribution in [2.45, 2.75) is 33.2 Å². The number of nitrogen functional groups attached to an aromatic ring is 1. The van der Waals surface area contributed by atoms with Crippen LogP contribution in [0.1, 0.15) is 36.7 Å². The Kier molecular flexibility index (Phi) is 3.03. The molecule has 1 aromatic rings. The molecule has 3 nitrogen and oxygen atoms in total. The summed E-state index contributed by atoms with van der Waals surface area (Å²) in [5, 5.41) is 2.88. The van der Waals surface area contributed by atoms with Crippen LogP contribution in [0.2, 0.25) is 0 Å². The van der Waals surface area contributed by atoms with Gasteiger partial charge in [-0.3, -0.25) is 4.79 Å². The summed E-state index contributed by atoms with van der Waals surface area (Å²) < 4.78 is 0. The zero-order chi connectivity index (χ0) is 11.6. The first-order valence-electron chi connectivity index (χ1n) is 4.98. The quantitative estimate of drug-likeness (QED) is 0.691. The van der Waals surface area contributed by atoms with Gasteiger partial charge in [-0.1, -0.05) is 11.6 Å². The van der Waals surface area contributed by atoms with E-state index < -0.39 is 0 Å². The standard InChI is InChI=1S/C12H18N2O/c1-8-5-6-10(13)9(7-8)11(15)14-12(2,3)4/h5-7H,13H2,1-4H3,(H,14,15). The van der Waals surface area contributed by atoms with Gasteiger partial charge in [0.1, 0.15) is 0 Å². The highest BCUT2D eigenvalue weighted by atomic mass is 16.1. The minimum Gasteiger partial charge on any atom is -0.398 e. The molecule has 0 radical (unpaired) electrons. The van der Waals surface area contributed by atoms with Crippen molar-refractivity contribution in [3.05, 3.63) is 29.3 Å². The van der Waals surface area contributed by atoms with Crippen LogP contribution in [0.15, 0.2) is 18.2 Å². The van der Waals surface area contributed by atoms with E-state index in [2.05, 4.69) is 5.32 Å². The van der Waals surface area contributed by atoms with Crippen LogP contribution in [-0.2, 0) is 0 Å². The summed E-state index contributed by atoms with van der Waals surface area (Å²) in [5.74, 6) is -0.122. The smallest absolute Gasteiger partial charge is 0.253 e. The normalized spacial score (nSPS) is 11.2. The molecule has 0 aliphatic rings. The Hall–Kier alpha value is -1.51. The predicted molar refractivity (Wildman–Crippen MR) is 62.8 cm³/mol. The van der Waals surface area contributed by atoms with E-state index in [4.69, 9.17) is 5.73 Å². The van der Waals surface area contributed by atoms with Gasteiger partial charge < -0.3 is 11.1 Å². The van der Waals surface area contributed by atoms with E-state index in [1.165, 1.54) is 0 Å². The lowest BCUT2D eigenvalue weighted by atomic mass is 10.1. The second kappa shape index (κ2) is 3.93. The van der Waals surface area contributed by atoms with E-state index in [1.807, 2.05) is 33.8 Å². The highest BCUT2D eigenvalue weighted by Crippen LogP contribution is 2.14. The first-order valence-corrected chi connectivity index (χ1v) is 4.98. The lowest BCUT2D eigenvalue weighted by Gasteiger charge is -2.21. The summed E-state index contributed by atoms with van der Waals surface area (Å²) in [6.45, 7) is 7.76. The van der Waals surface area contributed by atoms with Gasteiger partial charge >= 0.3 is 0 Å². The Balaban J connectivity index is 2.96. The van der Waals surface area contributed by atoms with Gasteiger partial charge in [0.25, 0.3) is 5.91 Å². The lowest BCUT2D eigenvalue weighted by molar-refractivity contribution is 0.0920. The van der Waals surface area contributed by atoms with Crippen LogP contribution in [0.25, 0.3) is 0 Å². The van der Waals surface area contributed by atoms with Crippen LogP contribution in [0.5, 0.6) is 0 Å². The summed E-state index contributed by atoms with van der Waals surface area (Å²) in [6.07, 6.45) is 0. The molecule has 0 atom stereocenters. The van der Waals surface area contributed by atoms with Crippen molar-refractivity contribution in [2.24, 2.45) is 0 Å². The van der Waals surface area contributed by atoms with Crippen molar-refractivity contribution in [1.82, 2.24) is 5.32 Å². The molecule has 3 heteroatoms. The molecule has 3 N–H and O–H groups in total. The van der Waals surface area contributed by atoms with E-state index in [0.29, 0.717) is 11.3 Å². The highest BCUT2D eigenvalue weighted by Gasteiger charge is 2.16. The number of carbonyl (C=O) groups is 1. The van der Waals surface area contributed by atoms with Gasteiger partial charge in [0, 0.05) is 11.2 Å². The summed E-state index contributed by atoms with van der Waals surface area (Å²) in [4.78, 5) is 11.8. The summed E-state index contributed by atoms with van der Waals surface area (Å²) in [7, 11) is 0. The van der Waals surface area contributed by atoms with Crippen molar-refractivity contribution in [2.75, 3.05) is 5.73 Å². The largest absolute Gasteiger partial charge is 0.398 e. The van der Waals surface area contributed by atoms with Crippen molar-refractivity contribution in [3.63, 3.8) is 0 Å². The Labute approximate surface area is 90.7 Å². The number of hydrogen-bond acceptors (Lipinski definition) is 2. The van der Waals surface area contributed by atoms with Gasteiger partial charge in [-0.15, -0.1) is 0 Å². The summed E-state index contributed by atoms with van der Waals surface area (Å²) in [6, 6.07) is 5.45. The van der Waals surface area contributed by atoms with Gasteiger partial charge in [-0.2, -0.15) is 0 Å². The molecule has 0 heterocycles. The van der Waals surface area contributed by atoms with E-state index in [-0.39, 0.29) is 11.4 Å². The van der Waals surface area contributed by atoms with Crippen molar-refractivity contribution < 1.29 is 4.79 Å². The number of anilines is 1. The van der Waals surface area contributed by atoms with Gasteiger partial charge in [0.15, 0.2) is 0 Å². The molecule has 1 amide bonds. The van der Waals surface area contributed by atoms with Crippen LogP contribution in [-0.4, -0.2) is 11.4 Å². The van der Waals surface area contributed by atoms with Crippen LogP contribution in [0.3, 0.4) is 0 Å². The van der Waals surface area contributed by atoms with Gasteiger partial charge in [0.2, 0.25) is 0 Å². The number of rotatable bonds is 1. The number of hydrogen-bond donors (Lipinski definition) is 2. The number of nitrogens with two attached hydrogens (primary N) is 1. The molecule has 0 spiro atoms. The molecule has 15 heavy (non-hydrogen) atoms. The Morgan fingerprint density at radius 1 is 1.33 bits per heavy atom. The third-order valence-electron chi connectivity index (χ3n) is 1.94. The maximum atomic E-state index is 11.8. The Morgan fingerprint density at radius 3 is 2.47 bits per heavy atom. The van der Waals surface area contributed by atoms with Crippen LogP contribution < -0.4 is 11.1 Å². The van der Waals surface area contributed by atoms with Gasteiger partial charge in [-0.05, 0) is 39.8 Å².